The van der Waals surface area contributed by atoms with Gasteiger partial charge in [-0.15, -0.1) is 11.8 Å². The van der Waals surface area contributed by atoms with Crippen molar-refractivity contribution in [3.05, 3.63) is 18.3 Å². The normalized spacial score (nSPS) is 10.1. The fourth-order valence-electron chi connectivity index (χ4n) is 0.720. The third-order valence-electron chi connectivity index (χ3n) is 1.32. The summed E-state index contributed by atoms with van der Waals surface area (Å²) in [5.74, 6) is 1.51. The first-order valence-corrected chi connectivity index (χ1v) is 4.65. The fourth-order valence-corrected chi connectivity index (χ4v) is 1.50. The minimum absolute atomic E-state index is 0.561. The predicted molar refractivity (Wildman–Crippen MR) is 51.2 cm³/mol. The predicted octanol–water partition coefficient (Wildman–Crippen LogP) is 1.40. The van der Waals surface area contributed by atoms with Crippen molar-refractivity contribution in [2.75, 3.05) is 25.2 Å². The molecule has 0 bridgehead atoms. The Balaban J connectivity index is 2.37. The minimum Gasteiger partial charge on any atom is -0.384 e. The molecule has 1 aromatic heterocycles. The van der Waals surface area contributed by atoms with Gasteiger partial charge in [-0.25, -0.2) is 4.98 Å². The molecule has 1 heterocycles. The molecule has 2 N–H and O–H groups in total. The number of nitrogen functional groups attached to an aromatic ring is 1. The van der Waals surface area contributed by atoms with Gasteiger partial charge in [-0.2, -0.15) is 0 Å². The van der Waals surface area contributed by atoms with Crippen LogP contribution in [0.3, 0.4) is 0 Å². The van der Waals surface area contributed by atoms with Gasteiger partial charge in [0.25, 0.3) is 0 Å². The van der Waals surface area contributed by atoms with E-state index in [4.69, 9.17) is 10.5 Å². The smallest absolute Gasteiger partial charge is 0.123 e. The summed E-state index contributed by atoms with van der Waals surface area (Å²) in [6.07, 6.45) is 1.77. The Morgan fingerprint density at radius 1 is 1.58 bits per heavy atom. The van der Waals surface area contributed by atoms with E-state index in [0.29, 0.717) is 5.82 Å². The third kappa shape index (κ3) is 3.11. The van der Waals surface area contributed by atoms with Crippen LogP contribution in [0, 0.1) is 0 Å². The lowest BCUT2D eigenvalue weighted by molar-refractivity contribution is 0.218. The Hall–Kier alpha value is -0.740. The molecule has 0 amide bonds. The number of rotatable bonds is 4. The van der Waals surface area contributed by atoms with Crippen molar-refractivity contribution in [1.82, 2.24) is 4.98 Å². The summed E-state index contributed by atoms with van der Waals surface area (Å²) in [6, 6.07) is 3.76. The minimum atomic E-state index is 0.561. The number of anilines is 1. The van der Waals surface area contributed by atoms with Crippen LogP contribution in [0.2, 0.25) is 0 Å². The van der Waals surface area contributed by atoms with Crippen LogP contribution in [0.25, 0.3) is 0 Å². The summed E-state index contributed by atoms with van der Waals surface area (Å²) in [5.41, 5.74) is 5.44. The van der Waals surface area contributed by atoms with E-state index in [0.717, 1.165) is 17.3 Å². The molecule has 0 aliphatic heterocycles. The van der Waals surface area contributed by atoms with Gasteiger partial charge in [-0.1, -0.05) is 0 Å². The Labute approximate surface area is 76.3 Å². The molecule has 0 aliphatic rings. The van der Waals surface area contributed by atoms with Gasteiger partial charge >= 0.3 is 0 Å². The second kappa shape index (κ2) is 5.00. The SMILES string of the molecule is COCCSc1ccc(N)nc1. The zero-order valence-electron chi connectivity index (χ0n) is 6.99. The van der Waals surface area contributed by atoms with Crippen molar-refractivity contribution >= 4 is 17.6 Å². The van der Waals surface area contributed by atoms with E-state index in [1.165, 1.54) is 0 Å². The summed E-state index contributed by atoms with van der Waals surface area (Å²) in [4.78, 5) is 5.10. The quantitative estimate of drug-likeness (QED) is 0.567. The number of nitrogens with zero attached hydrogens (tertiary/aromatic N) is 1. The maximum atomic E-state index is 5.44. The highest BCUT2D eigenvalue weighted by Gasteiger charge is 1.93. The molecule has 0 saturated heterocycles. The summed E-state index contributed by atoms with van der Waals surface area (Å²) in [6.45, 7) is 0.759. The van der Waals surface area contributed by atoms with Gasteiger partial charge < -0.3 is 10.5 Å². The highest BCUT2D eigenvalue weighted by Crippen LogP contribution is 2.16. The van der Waals surface area contributed by atoms with Crippen LogP contribution in [0.5, 0.6) is 0 Å². The van der Waals surface area contributed by atoms with E-state index < -0.39 is 0 Å². The lowest BCUT2D eigenvalue weighted by Gasteiger charge is -1.99. The number of thioether (sulfide) groups is 1. The summed E-state index contributed by atoms with van der Waals surface area (Å²) >= 11 is 1.71. The van der Waals surface area contributed by atoms with Crippen LogP contribution in [0.1, 0.15) is 0 Å². The average Bonchev–Trinajstić information content (AvgIpc) is 2.09. The Morgan fingerprint density at radius 2 is 2.42 bits per heavy atom. The zero-order valence-corrected chi connectivity index (χ0v) is 7.80. The first kappa shape index (κ1) is 9.35. The second-order valence-corrected chi connectivity index (χ2v) is 3.43. The van der Waals surface area contributed by atoms with E-state index in [9.17, 15) is 0 Å². The van der Waals surface area contributed by atoms with Gasteiger partial charge in [0.05, 0.1) is 6.61 Å². The largest absolute Gasteiger partial charge is 0.384 e. The number of nitrogens with two attached hydrogens (primary N) is 1. The molecule has 1 aromatic rings. The van der Waals surface area contributed by atoms with Crippen LogP contribution in [-0.2, 0) is 4.74 Å². The highest BCUT2D eigenvalue weighted by molar-refractivity contribution is 7.99. The van der Waals surface area contributed by atoms with Crippen molar-refractivity contribution in [3.8, 4) is 0 Å². The molecule has 0 unspecified atom stereocenters. The van der Waals surface area contributed by atoms with E-state index in [-0.39, 0.29) is 0 Å². The molecule has 3 nitrogen and oxygen atoms in total. The Bertz CT molecular complexity index is 225. The highest BCUT2D eigenvalue weighted by atomic mass is 32.2. The van der Waals surface area contributed by atoms with Crippen LogP contribution >= 0.6 is 11.8 Å². The summed E-state index contributed by atoms with van der Waals surface area (Å²) in [7, 11) is 1.70. The zero-order chi connectivity index (χ0) is 8.81. The number of methoxy groups -OCH3 is 1. The van der Waals surface area contributed by atoms with Crippen molar-refractivity contribution in [1.29, 1.82) is 0 Å². The second-order valence-electron chi connectivity index (χ2n) is 2.26. The molecule has 4 heteroatoms. The van der Waals surface area contributed by atoms with Crippen molar-refractivity contribution < 1.29 is 4.74 Å². The lowest BCUT2D eigenvalue weighted by Crippen LogP contribution is -1.92. The van der Waals surface area contributed by atoms with Crippen LogP contribution in [0.15, 0.2) is 23.2 Å². The monoisotopic (exact) mass is 184 g/mol. The van der Waals surface area contributed by atoms with Gasteiger partial charge in [0.1, 0.15) is 5.82 Å². The first-order chi connectivity index (χ1) is 5.83. The molecule has 0 saturated carbocycles. The van der Waals surface area contributed by atoms with Crippen LogP contribution in [0.4, 0.5) is 5.82 Å². The van der Waals surface area contributed by atoms with E-state index in [1.807, 2.05) is 6.07 Å². The maximum absolute atomic E-state index is 5.44. The van der Waals surface area contributed by atoms with Crippen molar-refractivity contribution in [3.63, 3.8) is 0 Å². The first-order valence-electron chi connectivity index (χ1n) is 3.66. The van der Waals surface area contributed by atoms with Gasteiger partial charge in [0.15, 0.2) is 0 Å². The standard InChI is InChI=1S/C8H12N2OS/c1-11-4-5-12-7-2-3-8(9)10-6-7/h2-3,6H,4-5H2,1H3,(H2,9,10). The van der Waals surface area contributed by atoms with E-state index >= 15 is 0 Å². The topological polar surface area (TPSA) is 48.1 Å². The Kier molecular flexibility index (Phi) is 3.90. The van der Waals surface area contributed by atoms with E-state index in [1.54, 1.807) is 31.1 Å². The number of aromatic nitrogens is 1. The molecule has 0 fully saturated rings. The van der Waals surface area contributed by atoms with Crippen molar-refractivity contribution in [2.45, 2.75) is 4.90 Å². The molecule has 0 aromatic carbocycles. The van der Waals surface area contributed by atoms with Gasteiger partial charge in [0.2, 0.25) is 0 Å². The Morgan fingerprint density at radius 3 is 3.00 bits per heavy atom. The molecule has 0 radical (unpaired) electrons. The van der Waals surface area contributed by atoms with Gasteiger partial charge in [-0.05, 0) is 12.1 Å². The van der Waals surface area contributed by atoms with Gasteiger partial charge in [0, 0.05) is 24.0 Å². The molecule has 0 aliphatic carbocycles. The lowest BCUT2D eigenvalue weighted by atomic mass is 10.5. The molecule has 0 atom stereocenters. The number of ether oxygens (including phenoxy) is 1. The van der Waals surface area contributed by atoms with Gasteiger partial charge in [-0.3, -0.25) is 0 Å². The molecule has 1 rings (SSSR count). The molecule has 0 spiro atoms. The molecule has 66 valence electrons. The van der Waals surface area contributed by atoms with Crippen LogP contribution < -0.4 is 5.73 Å². The fraction of sp³-hybridized carbons (Fsp3) is 0.375. The third-order valence-corrected chi connectivity index (χ3v) is 2.26. The molecule has 12 heavy (non-hydrogen) atoms. The number of hydrogen-bond acceptors (Lipinski definition) is 4. The average molecular weight is 184 g/mol. The molecular weight excluding hydrogens is 172 g/mol. The summed E-state index contributed by atoms with van der Waals surface area (Å²) < 4.78 is 4.92. The number of hydrogen-bond donors (Lipinski definition) is 1. The molecular formula is C8H12N2OS. The maximum Gasteiger partial charge on any atom is 0.123 e. The number of pyridine rings is 1. The van der Waals surface area contributed by atoms with Crippen LogP contribution in [-0.4, -0.2) is 24.5 Å². The van der Waals surface area contributed by atoms with E-state index in [2.05, 4.69) is 4.98 Å². The summed E-state index contributed by atoms with van der Waals surface area (Å²) in [5, 5.41) is 0. The van der Waals surface area contributed by atoms with Crippen molar-refractivity contribution in [2.24, 2.45) is 0 Å².